The van der Waals surface area contributed by atoms with Crippen LogP contribution in [0.3, 0.4) is 0 Å². The number of pyridine rings is 2. The molecular formula is C19H16N3O3Pt-. The normalized spacial score (nSPS) is 9.92. The van der Waals surface area contributed by atoms with Gasteiger partial charge in [0.1, 0.15) is 0 Å². The molecule has 0 saturated carbocycles. The molecule has 0 aliphatic heterocycles. The molecule has 3 rings (SSSR count). The Kier molecular flexibility index (Phi) is 6.47. The van der Waals surface area contributed by atoms with Crippen LogP contribution in [-0.2, 0) is 21.1 Å². The maximum Gasteiger partial charge on any atom is 0.354 e. The standard InChI is InChI=1S/C19H16N3O3.Pt/c1-22(2)14-9-10-20-17(12-14)13-5-3-6-15(11-13)25-18-8-4-7-16(21-18)19(23)24;/h3-10,12H,1-2H3,(H,23,24);/q-1;. The van der Waals surface area contributed by atoms with Crippen molar-refractivity contribution in [1.29, 1.82) is 0 Å². The van der Waals surface area contributed by atoms with E-state index in [0.717, 1.165) is 16.9 Å². The molecular weight excluding hydrogens is 513 g/mol. The van der Waals surface area contributed by atoms with E-state index >= 15 is 0 Å². The molecule has 0 aliphatic carbocycles. The van der Waals surface area contributed by atoms with Gasteiger partial charge in [0.25, 0.3) is 0 Å². The Morgan fingerprint density at radius 3 is 2.65 bits per heavy atom. The summed E-state index contributed by atoms with van der Waals surface area (Å²) in [6.07, 6.45) is 1.74. The summed E-state index contributed by atoms with van der Waals surface area (Å²) < 4.78 is 5.64. The molecule has 2 aromatic heterocycles. The van der Waals surface area contributed by atoms with Crippen LogP contribution in [-0.4, -0.2) is 35.1 Å². The second kappa shape index (κ2) is 8.58. The molecule has 1 aromatic carbocycles. The van der Waals surface area contributed by atoms with E-state index < -0.39 is 5.97 Å². The summed E-state index contributed by atoms with van der Waals surface area (Å²) in [4.78, 5) is 21.3. The van der Waals surface area contributed by atoms with Crippen LogP contribution in [0.25, 0.3) is 11.3 Å². The van der Waals surface area contributed by atoms with Gasteiger partial charge in [0.15, 0.2) is 5.69 Å². The van der Waals surface area contributed by atoms with Gasteiger partial charge in [0.2, 0.25) is 5.88 Å². The maximum absolute atomic E-state index is 11.0. The molecule has 0 amide bonds. The molecule has 0 atom stereocenters. The first-order chi connectivity index (χ1) is 12.0. The van der Waals surface area contributed by atoms with Crippen LogP contribution in [0.15, 0.2) is 54.7 Å². The van der Waals surface area contributed by atoms with Crippen molar-refractivity contribution in [2.24, 2.45) is 0 Å². The van der Waals surface area contributed by atoms with Crippen molar-refractivity contribution in [1.82, 2.24) is 9.97 Å². The molecule has 6 nitrogen and oxygen atoms in total. The summed E-state index contributed by atoms with van der Waals surface area (Å²) >= 11 is 0. The largest absolute Gasteiger partial charge is 0.477 e. The molecule has 2 heterocycles. The zero-order valence-electron chi connectivity index (χ0n) is 14.1. The topological polar surface area (TPSA) is 75.6 Å². The number of nitrogens with zero attached hydrogens (tertiary/aromatic N) is 3. The van der Waals surface area contributed by atoms with Crippen LogP contribution in [0.1, 0.15) is 10.5 Å². The van der Waals surface area contributed by atoms with Crippen LogP contribution in [0, 0.1) is 6.07 Å². The van der Waals surface area contributed by atoms with Crippen molar-refractivity contribution < 1.29 is 35.7 Å². The van der Waals surface area contributed by atoms with Crippen LogP contribution < -0.4 is 9.64 Å². The van der Waals surface area contributed by atoms with Gasteiger partial charge in [0, 0.05) is 58.9 Å². The molecule has 3 aromatic rings. The molecule has 0 radical (unpaired) electrons. The van der Waals surface area contributed by atoms with Crippen molar-refractivity contribution in [3.05, 3.63) is 66.5 Å². The fourth-order valence-electron chi connectivity index (χ4n) is 2.21. The first kappa shape index (κ1) is 19.6. The van der Waals surface area contributed by atoms with Crippen molar-refractivity contribution in [2.75, 3.05) is 19.0 Å². The number of aromatic carboxylic acids is 1. The van der Waals surface area contributed by atoms with Gasteiger partial charge in [-0.25, -0.2) is 9.78 Å². The summed E-state index contributed by atoms with van der Waals surface area (Å²) in [5.41, 5.74) is 2.49. The third-order valence-electron chi connectivity index (χ3n) is 3.46. The second-order valence-corrected chi connectivity index (χ2v) is 5.49. The van der Waals surface area contributed by atoms with E-state index in [1.165, 1.54) is 6.07 Å². The molecule has 136 valence electrons. The molecule has 1 N–H and O–H groups in total. The zero-order chi connectivity index (χ0) is 17.8. The summed E-state index contributed by atoms with van der Waals surface area (Å²) in [6.45, 7) is 0. The van der Waals surface area contributed by atoms with E-state index in [4.69, 9.17) is 9.84 Å². The van der Waals surface area contributed by atoms with Gasteiger partial charge >= 0.3 is 5.97 Å². The Balaban J connectivity index is 0.00000243. The Bertz CT molecular complexity index is 916. The summed E-state index contributed by atoms with van der Waals surface area (Å²) in [6, 6.07) is 17.0. The number of carboxylic acids is 1. The fraction of sp³-hybridized carbons (Fsp3) is 0.105. The SMILES string of the molecule is CN(C)c1ccnc(-c2[c-]c(Oc3cccc(C(=O)O)n3)ccc2)c1.[Pt]. The minimum absolute atomic E-state index is 0. The second-order valence-electron chi connectivity index (χ2n) is 5.49. The average Bonchev–Trinajstić information content (AvgIpc) is 2.62. The first-order valence-electron chi connectivity index (χ1n) is 7.57. The molecule has 0 fully saturated rings. The quantitative estimate of drug-likeness (QED) is 0.511. The number of hydrogen-bond donors (Lipinski definition) is 1. The number of ether oxygens (including phenoxy) is 1. The van der Waals surface area contributed by atoms with Crippen molar-refractivity contribution >= 4 is 11.7 Å². The average molecular weight is 529 g/mol. The third-order valence-corrected chi connectivity index (χ3v) is 3.46. The van der Waals surface area contributed by atoms with Crippen molar-refractivity contribution in [2.45, 2.75) is 0 Å². The van der Waals surface area contributed by atoms with Gasteiger partial charge in [0.05, 0.1) is 0 Å². The third kappa shape index (κ3) is 4.67. The summed E-state index contributed by atoms with van der Waals surface area (Å²) in [7, 11) is 3.92. The maximum atomic E-state index is 11.0. The smallest absolute Gasteiger partial charge is 0.354 e. The monoisotopic (exact) mass is 529 g/mol. The predicted molar refractivity (Wildman–Crippen MR) is 94.1 cm³/mol. The Morgan fingerprint density at radius 2 is 1.92 bits per heavy atom. The van der Waals surface area contributed by atoms with E-state index in [0.29, 0.717) is 5.75 Å². The molecule has 0 aliphatic rings. The number of carbonyl (C=O) groups is 1. The van der Waals surface area contributed by atoms with Gasteiger partial charge in [-0.1, -0.05) is 18.2 Å². The zero-order valence-corrected chi connectivity index (χ0v) is 16.4. The predicted octanol–water partition coefficient (Wildman–Crippen LogP) is 3.50. The van der Waals surface area contributed by atoms with Crippen LogP contribution in [0.5, 0.6) is 11.6 Å². The summed E-state index contributed by atoms with van der Waals surface area (Å²) in [5, 5.41) is 9.00. The number of carboxylic acid groups (broad SMARTS) is 1. The Labute approximate surface area is 165 Å². The van der Waals surface area contributed by atoms with Crippen molar-refractivity contribution in [3.8, 4) is 22.9 Å². The minimum atomic E-state index is -1.10. The number of benzene rings is 1. The molecule has 26 heavy (non-hydrogen) atoms. The van der Waals surface area contributed by atoms with E-state index in [2.05, 4.69) is 16.0 Å². The molecule has 0 spiro atoms. The minimum Gasteiger partial charge on any atom is -0.477 e. The van der Waals surface area contributed by atoms with Gasteiger partial charge in [-0.15, -0.1) is 23.8 Å². The van der Waals surface area contributed by atoms with Crippen LogP contribution in [0.4, 0.5) is 5.69 Å². The van der Waals surface area contributed by atoms with E-state index in [-0.39, 0.29) is 32.6 Å². The molecule has 0 bridgehead atoms. The van der Waals surface area contributed by atoms with Crippen LogP contribution in [0.2, 0.25) is 0 Å². The van der Waals surface area contributed by atoms with E-state index in [1.807, 2.05) is 43.3 Å². The Hall–Kier alpha value is -2.72. The number of anilines is 1. The van der Waals surface area contributed by atoms with Gasteiger partial charge < -0.3 is 19.7 Å². The molecule has 0 saturated heterocycles. The number of aromatic nitrogens is 2. The van der Waals surface area contributed by atoms with E-state index in [9.17, 15) is 4.79 Å². The fourth-order valence-corrected chi connectivity index (χ4v) is 2.21. The van der Waals surface area contributed by atoms with Gasteiger partial charge in [-0.05, 0) is 17.8 Å². The van der Waals surface area contributed by atoms with Gasteiger partial charge in [-0.3, -0.25) is 0 Å². The molecule has 0 unspecified atom stereocenters. The summed E-state index contributed by atoms with van der Waals surface area (Å²) in [5.74, 6) is -0.472. The molecule has 7 heteroatoms. The van der Waals surface area contributed by atoms with Gasteiger partial charge in [-0.2, -0.15) is 0 Å². The first-order valence-corrected chi connectivity index (χ1v) is 7.57. The van der Waals surface area contributed by atoms with Crippen molar-refractivity contribution in [3.63, 3.8) is 0 Å². The number of rotatable bonds is 5. The van der Waals surface area contributed by atoms with E-state index in [1.54, 1.807) is 24.4 Å². The number of hydrogen-bond acceptors (Lipinski definition) is 5. The Morgan fingerprint density at radius 1 is 1.15 bits per heavy atom. The van der Waals surface area contributed by atoms with Crippen LogP contribution >= 0.6 is 0 Å².